The van der Waals surface area contributed by atoms with E-state index in [-0.39, 0.29) is 6.61 Å². The van der Waals surface area contributed by atoms with E-state index in [0.717, 1.165) is 11.4 Å². The van der Waals surface area contributed by atoms with Gasteiger partial charge in [0.15, 0.2) is 0 Å². The molecule has 0 aliphatic carbocycles. The summed E-state index contributed by atoms with van der Waals surface area (Å²) in [5, 5.41) is 11.8. The molecule has 5 nitrogen and oxygen atoms in total. The van der Waals surface area contributed by atoms with Gasteiger partial charge in [0.05, 0.1) is 12.3 Å². The molecule has 0 aliphatic heterocycles. The van der Waals surface area contributed by atoms with Crippen molar-refractivity contribution in [1.29, 1.82) is 0 Å². The zero-order valence-corrected chi connectivity index (χ0v) is 9.43. The van der Waals surface area contributed by atoms with Gasteiger partial charge in [-0.2, -0.15) is 0 Å². The molecule has 0 amide bonds. The van der Waals surface area contributed by atoms with Gasteiger partial charge in [-0.05, 0) is 19.1 Å². The number of hydrogen-bond acceptors (Lipinski definition) is 4. The van der Waals surface area contributed by atoms with Gasteiger partial charge in [0, 0.05) is 19.3 Å². The number of carboxylic acid groups (broad SMARTS) is 1. The van der Waals surface area contributed by atoms with Crippen LogP contribution in [0.25, 0.3) is 0 Å². The summed E-state index contributed by atoms with van der Waals surface area (Å²) in [4.78, 5) is 15.1. The number of aryl methyl sites for hydroxylation is 1. The van der Waals surface area contributed by atoms with Crippen molar-refractivity contribution >= 4 is 5.97 Å². The molecule has 1 heterocycles. The molecule has 1 aromatic rings. The Kier molecular flexibility index (Phi) is 4.88. The first-order valence-corrected chi connectivity index (χ1v) is 5.01. The van der Waals surface area contributed by atoms with Crippen molar-refractivity contribution in [1.82, 2.24) is 10.3 Å². The van der Waals surface area contributed by atoms with Gasteiger partial charge >= 0.3 is 5.97 Å². The molecule has 0 spiro atoms. The van der Waals surface area contributed by atoms with Gasteiger partial charge in [-0.1, -0.05) is 6.07 Å². The van der Waals surface area contributed by atoms with Crippen LogP contribution in [0, 0.1) is 6.92 Å². The van der Waals surface area contributed by atoms with E-state index in [4.69, 9.17) is 9.84 Å². The van der Waals surface area contributed by atoms with Crippen LogP contribution < -0.4 is 5.32 Å². The number of ether oxygens (including phenoxy) is 1. The Morgan fingerprint density at radius 2 is 2.38 bits per heavy atom. The molecule has 1 rings (SSSR count). The number of carboxylic acids is 1. The number of hydrogen-bond donors (Lipinski definition) is 2. The second-order valence-electron chi connectivity index (χ2n) is 3.50. The fraction of sp³-hybridized carbons (Fsp3) is 0.455. The van der Waals surface area contributed by atoms with Crippen molar-refractivity contribution in [2.24, 2.45) is 0 Å². The van der Waals surface area contributed by atoms with E-state index in [2.05, 4.69) is 10.3 Å². The lowest BCUT2D eigenvalue weighted by molar-refractivity contribution is -0.140. The molecule has 1 unspecified atom stereocenters. The molecule has 0 saturated carbocycles. The number of methoxy groups -OCH3 is 1. The summed E-state index contributed by atoms with van der Waals surface area (Å²) in [6.07, 6.45) is 0. The predicted molar refractivity (Wildman–Crippen MR) is 59.1 cm³/mol. The summed E-state index contributed by atoms with van der Waals surface area (Å²) >= 11 is 0. The SMILES string of the molecule is COCC(NCc1cccc(C)n1)C(=O)O. The third kappa shape index (κ3) is 3.96. The van der Waals surface area contributed by atoms with Crippen LogP contribution in [0.15, 0.2) is 18.2 Å². The first-order valence-electron chi connectivity index (χ1n) is 5.01. The highest BCUT2D eigenvalue weighted by atomic mass is 16.5. The second-order valence-corrected chi connectivity index (χ2v) is 3.50. The van der Waals surface area contributed by atoms with Crippen molar-refractivity contribution in [2.75, 3.05) is 13.7 Å². The number of aliphatic carboxylic acids is 1. The Morgan fingerprint density at radius 3 is 2.94 bits per heavy atom. The third-order valence-electron chi connectivity index (χ3n) is 2.11. The lowest BCUT2D eigenvalue weighted by Crippen LogP contribution is -2.40. The number of carbonyl (C=O) groups is 1. The van der Waals surface area contributed by atoms with E-state index in [0.29, 0.717) is 6.54 Å². The normalized spacial score (nSPS) is 12.4. The smallest absolute Gasteiger partial charge is 0.323 e. The molecule has 0 aliphatic rings. The van der Waals surface area contributed by atoms with Crippen LogP contribution in [0.1, 0.15) is 11.4 Å². The van der Waals surface area contributed by atoms with Gasteiger partial charge in [-0.25, -0.2) is 0 Å². The van der Waals surface area contributed by atoms with Crippen LogP contribution in [0.4, 0.5) is 0 Å². The summed E-state index contributed by atoms with van der Waals surface area (Å²) in [6, 6.07) is 4.94. The van der Waals surface area contributed by atoms with E-state index in [1.54, 1.807) is 0 Å². The van der Waals surface area contributed by atoms with Crippen LogP contribution in [-0.4, -0.2) is 35.8 Å². The number of aromatic nitrogens is 1. The molecule has 5 heteroatoms. The zero-order chi connectivity index (χ0) is 12.0. The van der Waals surface area contributed by atoms with E-state index < -0.39 is 12.0 Å². The second kappa shape index (κ2) is 6.19. The van der Waals surface area contributed by atoms with E-state index >= 15 is 0 Å². The van der Waals surface area contributed by atoms with Crippen LogP contribution in [0.5, 0.6) is 0 Å². The van der Waals surface area contributed by atoms with Crippen molar-refractivity contribution in [3.63, 3.8) is 0 Å². The first-order chi connectivity index (χ1) is 7.63. The summed E-state index contributed by atoms with van der Waals surface area (Å²) in [6.45, 7) is 2.45. The molecule has 88 valence electrons. The first kappa shape index (κ1) is 12.6. The molecule has 1 atom stereocenters. The molecular formula is C11H16N2O3. The summed E-state index contributed by atoms with van der Waals surface area (Å²) in [7, 11) is 1.47. The fourth-order valence-corrected chi connectivity index (χ4v) is 1.31. The van der Waals surface area contributed by atoms with Crippen LogP contribution in [0.2, 0.25) is 0 Å². The van der Waals surface area contributed by atoms with Gasteiger partial charge in [0.2, 0.25) is 0 Å². The van der Waals surface area contributed by atoms with E-state index in [1.807, 2.05) is 25.1 Å². The summed E-state index contributed by atoms with van der Waals surface area (Å²) in [5.74, 6) is -0.922. The average Bonchev–Trinajstić information content (AvgIpc) is 2.24. The van der Waals surface area contributed by atoms with Crippen LogP contribution in [0.3, 0.4) is 0 Å². The van der Waals surface area contributed by atoms with Gasteiger partial charge < -0.3 is 9.84 Å². The maximum Gasteiger partial charge on any atom is 0.323 e. The number of nitrogens with zero attached hydrogens (tertiary/aromatic N) is 1. The summed E-state index contributed by atoms with van der Waals surface area (Å²) in [5.41, 5.74) is 1.74. The third-order valence-corrected chi connectivity index (χ3v) is 2.11. The van der Waals surface area contributed by atoms with Crippen molar-refractivity contribution in [3.05, 3.63) is 29.6 Å². The van der Waals surface area contributed by atoms with Gasteiger partial charge in [0.1, 0.15) is 6.04 Å². The molecule has 2 N–H and O–H groups in total. The predicted octanol–water partition coefficient (Wildman–Crippen LogP) is 0.579. The molecular weight excluding hydrogens is 208 g/mol. The topological polar surface area (TPSA) is 71.5 Å². The Labute approximate surface area is 94.5 Å². The maximum absolute atomic E-state index is 10.8. The quantitative estimate of drug-likeness (QED) is 0.739. The molecule has 0 bridgehead atoms. The van der Waals surface area contributed by atoms with Crippen molar-refractivity contribution < 1.29 is 14.6 Å². The molecule has 1 aromatic heterocycles. The molecule has 0 fully saturated rings. The number of pyridine rings is 1. The Balaban J connectivity index is 2.51. The molecule has 0 saturated heterocycles. The largest absolute Gasteiger partial charge is 0.480 e. The highest BCUT2D eigenvalue weighted by molar-refractivity contribution is 5.73. The monoisotopic (exact) mass is 224 g/mol. The minimum atomic E-state index is -0.922. The standard InChI is InChI=1S/C11H16N2O3/c1-8-4-3-5-9(13-8)6-12-10(7-16-2)11(14)15/h3-5,10,12H,6-7H2,1-2H3,(H,14,15). The Hall–Kier alpha value is -1.46. The van der Waals surface area contributed by atoms with Gasteiger partial charge in [0.25, 0.3) is 0 Å². The Bertz CT molecular complexity index is 355. The number of rotatable bonds is 6. The molecule has 0 aromatic carbocycles. The minimum absolute atomic E-state index is 0.140. The average molecular weight is 224 g/mol. The lowest BCUT2D eigenvalue weighted by atomic mass is 10.2. The lowest BCUT2D eigenvalue weighted by Gasteiger charge is -2.12. The maximum atomic E-state index is 10.8. The zero-order valence-electron chi connectivity index (χ0n) is 9.43. The Morgan fingerprint density at radius 1 is 1.62 bits per heavy atom. The number of nitrogens with one attached hydrogen (secondary N) is 1. The van der Waals surface area contributed by atoms with Crippen molar-refractivity contribution in [3.8, 4) is 0 Å². The summed E-state index contributed by atoms with van der Waals surface area (Å²) < 4.78 is 4.81. The van der Waals surface area contributed by atoms with E-state index in [1.165, 1.54) is 7.11 Å². The van der Waals surface area contributed by atoms with E-state index in [9.17, 15) is 4.79 Å². The van der Waals surface area contributed by atoms with Crippen LogP contribution >= 0.6 is 0 Å². The van der Waals surface area contributed by atoms with Crippen LogP contribution in [-0.2, 0) is 16.1 Å². The minimum Gasteiger partial charge on any atom is -0.480 e. The molecule has 16 heavy (non-hydrogen) atoms. The van der Waals surface area contributed by atoms with Crippen molar-refractivity contribution in [2.45, 2.75) is 19.5 Å². The fourth-order valence-electron chi connectivity index (χ4n) is 1.31. The van der Waals surface area contributed by atoms with Gasteiger partial charge in [-0.3, -0.25) is 15.1 Å². The molecule has 0 radical (unpaired) electrons. The highest BCUT2D eigenvalue weighted by Crippen LogP contribution is 1.98. The highest BCUT2D eigenvalue weighted by Gasteiger charge is 2.16. The van der Waals surface area contributed by atoms with Gasteiger partial charge in [-0.15, -0.1) is 0 Å².